The van der Waals surface area contributed by atoms with E-state index >= 15 is 0 Å². The Balaban J connectivity index is 1.93. The van der Waals surface area contributed by atoms with E-state index in [4.69, 9.17) is 5.26 Å². The quantitative estimate of drug-likeness (QED) is 0.906. The fourth-order valence-corrected chi connectivity index (χ4v) is 3.26. The fraction of sp³-hybridized carbons (Fsp3) is 0.438. The van der Waals surface area contributed by atoms with Crippen LogP contribution in [-0.4, -0.2) is 43.6 Å². The van der Waals surface area contributed by atoms with Gasteiger partial charge in [0.25, 0.3) is 0 Å². The standard InChI is InChI=1S/C16H19N7O/c1-9-15(10(2)23(4)21-9)16-12(5-14(24)22(16)3)20-13-8-18-11(6-17)7-19-13/h7-8,12,16H,5H2,1-4H3,(H,19,20)/t12-,16-/m1/s1. The molecule has 0 saturated carbocycles. The second kappa shape index (κ2) is 5.92. The highest BCUT2D eigenvalue weighted by Gasteiger charge is 2.41. The first kappa shape index (κ1) is 15.9. The van der Waals surface area contributed by atoms with Crippen LogP contribution >= 0.6 is 0 Å². The fourth-order valence-electron chi connectivity index (χ4n) is 3.26. The lowest BCUT2D eigenvalue weighted by Gasteiger charge is -2.26. The summed E-state index contributed by atoms with van der Waals surface area (Å²) in [7, 11) is 3.71. The third kappa shape index (κ3) is 2.58. The molecule has 1 amide bonds. The molecular formula is C16H19N7O. The van der Waals surface area contributed by atoms with Gasteiger partial charge >= 0.3 is 0 Å². The molecule has 0 unspecified atom stereocenters. The van der Waals surface area contributed by atoms with Gasteiger partial charge in [-0.15, -0.1) is 0 Å². The summed E-state index contributed by atoms with van der Waals surface area (Å²) in [4.78, 5) is 22.2. The van der Waals surface area contributed by atoms with Gasteiger partial charge in [0.2, 0.25) is 5.91 Å². The van der Waals surface area contributed by atoms with Gasteiger partial charge in [-0.2, -0.15) is 10.4 Å². The maximum atomic E-state index is 12.3. The Bertz CT molecular complexity index is 818. The van der Waals surface area contributed by atoms with Crippen LogP contribution in [0.25, 0.3) is 0 Å². The Labute approximate surface area is 140 Å². The number of hydrogen-bond acceptors (Lipinski definition) is 6. The van der Waals surface area contributed by atoms with Crippen molar-refractivity contribution in [3.63, 3.8) is 0 Å². The molecule has 0 spiro atoms. The Hall–Kier alpha value is -2.95. The molecule has 124 valence electrons. The SMILES string of the molecule is Cc1nn(C)c(C)c1[C@H]1[C@H](Nc2cnc(C#N)cn2)CC(=O)N1C. The molecule has 3 heterocycles. The number of anilines is 1. The number of rotatable bonds is 3. The second-order valence-electron chi connectivity index (χ2n) is 6.01. The van der Waals surface area contributed by atoms with E-state index < -0.39 is 0 Å². The lowest BCUT2D eigenvalue weighted by Crippen LogP contribution is -2.31. The van der Waals surface area contributed by atoms with E-state index in [-0.39, 0.29) is 23.7 Å². The number of nitriles is 1. The van der Waals surface area contributed by atoms with Crippen LogP contribution in [0, 0.1) is 25.2 Å². The summed E-state index contributed by atoms with van der Waals surface area (Å²) in [6.45, 7) is 3.96. The van der Waals surface area contributed by atoms with E-state index in [1.165, 1.54) is 12.4 Å². The van der Waals surface area contributed by atoms with Crippen LogP contribution in [0.4, 0.5) is 5.82 Å². The predicted molar refractivity (Wildman–Crippen MR) is 87.0 cm³/mol. The molecule has 2 aromatic rings. The Morgan fingerprint density at radius 3 is 2.58 bits per heavy atom. The average molecular weight is 325 g/mol. The molecule has 8 heteroatoms. The molecule has 24 heavy (non-hydrogen) atoms. The molecule has 0 aromatic carbocycles. The normalized spacial score (nSPS) is 20.3. The number of likely N-dealkylation sites (N-methyl/N-ethyl adjacent to an activating group) is 1. The van der Waals surface area contributed by atoms with Crippen molar-refractivity contribution in [1.82, 2.24) is 24.6 Å². The number of aryl methyl sites for hydroxylation is 2. The van der Waals surface area contributed by atoms with Crippen LogP contribution in [-0.2, 0) is 11.8 Å². The van der Waals surface area contributed by atoms with Gasteiger partial charge < -0.3 is 10.2 Å². The van der Waals surface area contributed by atoms with Crippen molar-refractivity contribution >= 4 is 11.7 Å². The van der Waals surface area contributed by atoms with Crippen LogP contribution in [0.3, 0.4) is 0 Å². The molecule has 8 nitrogen and oxygen atoms in total. The average Bonchev–Trinajstić information content (AvgIpc) is 2.96. The molecule has 3 rings (SSSR count). The first-order valence-corrected chi connectivity index (χ1v) is 7.66. The third-order valence-electron chi connectivity index (χ3n) is 4.55. The van der Waals surface area contributed by atoms with Crippen molar-refractivity contribution < 1.29 is 4.79 Å². The summed E-state index contributed by atoms with van der Waals surface area (Å²) >= 11 is 0. The zero-order valence-corrected chi connectivity index (χ0v) is 14.1. The number of carbonyl (C=O) groups excluding carboxylic acids is 1. The van der Waals surface area contributed by atoms with Gasteiger partial charge in [-0.25, -0.2) is 9.97 Å². The van der Waals surface area contributed by atoms with E-state index in [9.17, 15) is 4.79 Å². The Morgan fingerprint density at radius 2 is 2.04 bits per heavy atom. The number of nitrogens with zero attached hydrogens (tertiary/aromatic N) is 6. The van der Waals surface area contributed by atoms with E-state index in [0.29, 0.717) is 12.2 Å². The van der Waals surface area contributed by atoms with Gasteiger partial charge in [0.1, 0.15) is 11.9 Å². The first-order chi connectivity index (χ1) is 11.4. The summed E-state index contributed by atoms with van der Waals surface area (Å²) in [6.07, 6.45) is 3.30. The van der Waals surface area contributed by atoms with Crippen LogP contribution in [0.1, 0.15) is 35.1 Å². The molecule has 0 aliphatic carbocycles. The zero-order valence-electron chi connectivity index (χ0n) is 14.1. The number of nitrogens with one attached hydrogen (secondary N) is 1. The molecule has 1 N–H and O–H groups in total. The number of amides is 1. The summed E-state index contributed by atoms with van der Waals surface area (Å²) in [5.74, 6) is 0.619. The molecular weight excluding hydrogens is 306 g/mol. The summed E-state index contributed by atoms with van der Waals surface area (Å²) in [6, 6.07) is 1.68. The van der Waals surface area contributed by atoms with Crippen LogP contribution in [0.5, 0.6) is 0 Å². The highest BCUT2D eigenvalue weighted by Crippen LogP contribution is 2.36. The third-order valence-corrected chi connectivity index (χ3v) is 4.55. The van der Waals surface area contributed by atoms with Crippen molar-refractivity contribution in [3.05, 3.63) is 35.0 Å². The van der Waals surface area contributed by atoms with Gasteiger partial charge in [0, 0.05) is 31.8 Å². The van der Waals surface area contributed by atoms with Crippen LogP contribution in [0.2, 0.25) is 0 Å². The highest BCUT2D eigenvalue weighted by molar-refractivity contribution is 5.81. The van der Waals surface area contributed by atoms with Gasteiger partial charge in [-0.3, -0.25) is 9.48 Å². The topological polar surface area (TPSA) is 99.7 Å². The van der Waals surface area contributed by atoms with E-state index in [2.05, 4.69) is 20.4 Å². The predicted octanol–water partition coefficient (Wildman–Crippen LogP) is 1.08. The maximum Gasteiger partial charge on any atom is 0.225 e. The minimum Gasteiger partial charge on any atom is -0.363 e. The second-order valence-corrected chi connectivity index (χ2v) is 6.01. The zero-order chi connectivity index (χ0) is 17.4. The number of carbonyl (C=O) groups is 1. The van der Waals surface area contributed by atoms with E-state index in [1.807, 2.05) is 38.7 Å². The van der Waals surface area contributed by atoms with Crippen molar-refractivity contribution in [1.29, 1.82) is 5.26 Å². The highest BCUT2D eigenvalue weighted by atomic mass is 16.2. The summed E-state index contributed by atoms with van der Waals surface area (Å²) < 4.78 is 1.83. The molecule has 0 radical (unpaired) electrons. The van der Waals surface area contributed by atoms with Gasteiger partial charge in [0.15, 0.2) is 5.69 Å². The lowest BCUT2D eigenvalue weighted by atomic mass is 9.98. The minimum atomic E-state index is -0.133. The minimum absolute atomic E-state index is 0.0711. The molecule has 1 saturated heterocycles. The Morgan fingerprint density at radius 1 is 1.29 bits per heavy atom. The molecule has 1 aliphatic heterocycles. The molecule has 0 bridgehead atoms. The molecule has 1 fully saturated rings. The molecule has 1 aliphatic rings. The van der Waals surface area contributed by atoms with Crippen molar-refractivity contribution in [2.24, 2.45) is 7.05 Å². The van der Waals surface area contributed by atoms with Gasteiger partial charge in [-0.1, -0.05) is 0 Å². The van der Waals surface area contributed by atoms with Gasteiger partial charge in [0.05, 0.1) is 30.2 Å². The van der Waals surface area contributed by atoms with Crippen molar-refractivity contribution in [2.75, 3.05) is 12.4 Å². The lowest BCUT2D eigenvalue weighted by molar-refractivity contribution is -0.127. The van der Waals surface area contributed by atoms with Crippen molar-refractivity contribution in [2.45, 2.75) is 32.4 Å². The molecule has 2 atom stereocenters. The van der Waals surface area contributed by atoms with E-state index in [1.54, 1.807) is 4.90 Å². The van der Waals surface area contributed by atoms with Crippen LogP contribution in [0.15, 0.2) is 12.4 Å². The van der Waals surface area contributed by atoms with Crippen molar-refractivity contribution in [3.8, 4) is 6.07 Å². The number of likely N-dealkylation sites (tertiary alicyclic amines) is 1. The maximum absolute atomic E-state index is 12.3. The number of aromatic nitrogens is 4. The first-order valence-electron chi connectivity index (χ1n) is 7.66. The van der Waals surface area contributed by atoms with E-state index in [0.717, 1.165) is 17.0 Å². The largest absolute Gasteiger partial charge is 0.363 e. The monoisotopic (exact) mass is 325 g/mol. The van der Waals surface area contributed by atoms with Gasteiger partial charge in [-0.05, 0) is 13.8 Å². The molecule has 2 aromatic heterocycles. The van der Waals surface area contributed by atoms with Crippen LogP contribution < -0.4 is 5.32 Å². The summed E-state index contributed by atoms with van der Waals surface area (Å²) in [5, 5.41) is 16.6. The Kier molecular flexibility index (Phi) is 3.93. The summed E-state index contributed by atoms with van der Waals surface area (Å²) in [5.41, 5.74) is 3.27. The number of hydrogen-bond donors (Lipinski definition) is 1. The smallest absolute Gasteiger partial charge is 0.225 e.